The fourth-order valence-electron chi connectivity index (χ4n) is 15.4. The molecule has 414 valence electrons. The van der Waals surface area contributed by atoms with Crippen LogP contribution in [0.15, 0.2) is 158 Å². The summed E-state index contributed by atoms with van der Waals surface area (Å²) >= 11 is 2.03. The molecule has 5 aliphatic rings. The molecule has 2 aliphatic heterocycles. The zero-order chi connectivity index (χ0) is 57.6. The summed E-state index contributed by atoms with van der Waals surface area (Å²) in [5.74, 6) is 0. The van der Waals surface area contributed by atoms with Gasteiger partial charge in [0, 0.05) is 65.8 Å². The summed E-state index contributed by atoms with van der Waals surface area (Å²) < 4.78 is 2.77. The maximum absolute atomic E-state index is 2.71. The van der Waals surface area contributed by atoms with Crippen molar-refractivity contribution >= 4 is 95.0 Å². The molecule has 0 unspecified atom stereocenters. The Morgan fingerprint density at radius 3 is 1.48 bits per heavy atom. The van der Waals surface area contributed by atoms with E-state index in [0.717, 1.165) is 29.9 Å². The number of benzene rings is 8. The minimum atomic E-state index is -0.115. The number of rotatable bonds is 5. The van der Waals surface area contributed by atoms with Crippen LogP contribution in [0.3, 0.4) is 0 Å². The van der Waals surface area contributed by atoms with Crippen molar-refractivity contribution in [1.82, 2.24) is 0 Å². The third-order valence-electron chi connectivity index (χ3n) is 20.7. The summed E-state index contributed by atoms with van der Waals surface area (Å²) in [7, 11) is 0. The Morgan fingerprint density at radius 1 is 0.427 bits per heavy atom. The van der Waals surface area contributed by atoms with Crippen LogP contribution in [-0.4, -0.2) is 6.71 Å². The smallest absolute Gasteiger partial charge is 0.264 e. The number of anilines is 9. The van der Waals surface area contributed by atoms with Gasteiger partial charge in [0.05, 0.1) is 5.69 Å². The first kappa shape index (κ1) is 53.2. The summed E-state index contributed by atoms with van der Waals surface area (Å²) in [6.07, 6.45) is 4.68. The van der Waals surface area contributed by atoms with Crippen LogP contribution in [0, 0.1) is 0 Å². The first-order chi connectivity index (χ1) is 38.6. The molecule has 1 aromatic heterocycles. The van der Waals surface area contributed by atoms with Gasteiger partial charge in [-0.25, -0.2) is 0 Å². The van der Waals surface area contributed by atoms with E-state index >= 15 is 0 Å². The molecule has 3 aliphatic carbocycles. The number of nitrogens with zero attached hydrogens (tertiary/aromatic N) is 3. The molecule has 0 atom stereocenters. The van der Waals surface area contributed by atoms with Crippen LogP contribution in [0.5, 0.6) is 0 Å². The van der Waals surface area contributed by atoms with Crippen LogP contribution in [0.25, 0.3) is 21.2 Å². The molecule has 0 radical (unpaired) electrons. The van der Waals surface area contributed by atoms with E-state index in [1.54, 1.807) is 0 Å². The van der Waals surface area contributed by atoms with Gasteiger partial charge < -0.3 is 14.7 Å². The van der Waals surface area contributed by atoms with Crippen molar-refractivity contribution in [2.75, 3.05) is 14.7 Å². The van der Waals surface area contributed by atoms with E-state index in [1.165, 1.54) is 128 Å². The second-order valence-electron chi connectivity index (χ2n) is 30.4. The van der Waals surface area contributed by atoms with E-state index in [9.17, 15) is 0 Å². The van der Waals surface area contributed by atoms with Gasteiger partial charge in [-0.1, -0.05) is 184 Å². The summed E-state index contributed by atoms with van der Waals surface area (Å²) in [4.78, 5) is 7.87. The number of thiophene rings is 1. The van der Waals surface area contributed by atoms with Crippen LogP contribution < -0.4 is 30.4 Å². The van der Waals surface area contributed by atoms with Gasteiger partial charge in [0.1, 0.15) is 0 Å². The molecule has 0 bridgehead atoms. The van der Waals surface area contributed by atoms with Crippen molar-refractivity contribution in [3.8, 4) is 11.1 Å². The lowest BCUT2D eigenvalue weighted by Crippen LogP contribution is -2.60. The Labute approximate surface area is 494 Å². The molecule has 3 heterocycles. The molecular formula is C77H82BN3S. The van der Waals surface area contributed by atoms with Crippen LogP contribution in [0.4, 0.5) is 51.2 Å². The summed E-state index contributed by atoms with van der Waals surface area (Å²) in [5, 5.41) is 1.34. The molecule has 0 saturated heterocycles. The highest BCUT2D eigenvalue weighted by molar-refractivity contribution is 7.33. The van der Waals surface area contributed by atoms with Gasteiger partial charge in [0.2, 0.25) is 0 Å². The minimum absolute atomic E-state index is 0.0168. The first-order valence-electron chi connectivity index (χ1n) is 30.5. The standard InChI is InChI=1S/C77H82BN3S/c1-71(2,3)47-24-28-49(29-25-47)79(50-30-26-48(27-31-50)72(4,5)6)53-34-37-63-66(44-53)80(51-32-35-58-61(42-51)75(11,12)40-38-73(58,7)8)64-22-19-23-65-68(64)78(63)70-69(81(65)52-33-36-59-62(43-52)76(13,14)41-39-74(59,9)10)56-45-55-54-20-17-18-21-57(54)77(15,16)60(55)46-67(56)82-70/h17-37,42-46H,38-41H2,1-16H3. The molecule has 0 spiro atoms. The molecule has 0 N–H and O–H groups in total. The van der Waals surface area contributed by atoms with Crippen molar-refractivity contribution < 1.29 is 0 Å². The maximum Gasteiger partial charge on any atom is 0.264 e. The first-order valence-corrected chi connectivity index (χ1v) is 31.4. The lowest BCUT2D eigenvalue weighted by atomic mass is 9.36. The third-order valence-corrected chi connectivity index (χ3v) is 21.9. The van der Waals surface area contributed by atoms with Crippen molar-refractivity contribution in [2.24, 2.45) is 0 Å². The highest BCUT2D eigenvalue weighted by Crippen LogP contribution is 2.56. The largest absolute Gasteiger partial charge is 0.311 e. The molecule has 3 nitrogen and oxygen atoms in total. The maximum atomic E-state index is 2.71. The van der Waals surface area contributed by atoms with E-state index in [1.807, 2.05) is 11.3 Å². The summed E-state index contributed by atoms with van der Waals surface area (Å²) in [6.45, 7) is 38.4. The van der Waals surface area contributed by atoms with Crippen LogP contribution >= 0.6 is 11.3 Å². The van der Waals surface area contributed by atoms with E-state index in [4.69, 9.17) is 0 Å². The average molecular weight is 1090 g/mol. The monoisotopic (exact) mass is 1090 g/mol. The summed E-state index contributed by atoms with van der Waals surface area (Å²) in [6, 6.07) is 62.8. The van der Waals surface area contributed by atoms with Crippen LogP contribution in [0.2, 0.25) is 0 Å². The van der Waals surface area contributed by atoms with Crippen LogP contribution in [-0.2, 0) is 37.9 Å². The molecule has 9 aromatic rings. The Morgan fingerprint density at radius 2 is 0.927 bits per heavy atom. The van der Waals surface area contributed by atoms with Gasteiger partial charge in [-0.3, -0.25) is 0 Å². The Hall–Kier alpha value is -6.82. The topological polar surface area (TPSA) is 9.72 Å². The average Bonchev–Trinajstić information content (AvgIpc) is 1.87. The van der Waals surface area contributed by atoms with E-state index in [2.05, 4.69) is 283 Å². The Kier molecular flexibility index (Phi) is 11.4. The number of hydrogen-bond donors (Lipinski definition) is 0. The second kappa shape index (κ2) is 17.6. The van der Waals surface area contributed by atoms with Crippen molar-refractivity contribution in [1.29, 1.82) is 0 Å². The van der Waals surface area contributed by atoms with Gasteiger partial charge in [0.15, 0.2) is 0 Å². The predicted molar refractivity (Wildman–Crippen MR) is 356 cm³/mol. The number of hydrogen-bond acceptors (Lipinski definition) is 4. The lowest BCUT2D eigenvalue weighted by molar-refractivity contribution is 0.332. The zero-order valence-corrected chi connectivity index (χ0v) is 52.5. The normalized spacial score (nSPS) is 18.2. The molecule has 5 heteroatoms. The molecule has 8 aromatic carbocycles. The molecule has 82 heavy (non-hydrogen) atoms. The molecule has 0 fully saturated rings. The van der Waals surface area contributed by atoms with E-state index in [0.29, 0.717) is 0 Å². The summed E-state index contributed by atoms with van der Waals surface area (Å²) in [5.41, 5.74) is 28.0. The fourth-order valence-corrected chi connectivity index (χ4v) is 16.7. The lowest BCUT2D eigenvalue weighted by Gasteiger charge is -2.45. The highest BCUT2D eigenvalue weighted by Gasteiger charge is 2.48. The van der Waals surface area contributed by atoms with Gasteiger partial charge in [-0.2, -0.15) is 0 Å². The van der Waals surface area contributed by atoms with Gasteiger partial charge in [-0.05, 0) is 210 Å². The van der Waals surface area contributed by atoms with Crippen LogP contribution in [0.1, 0.15) is 181 Å². The van der Waals surface area contributed by atoms with Gasteiger partial charge >= 0.3 is 0 Å². The molecular weight excluding hydrogens is 1010 g/mol. The second-order valence-corrected chi connectivity index (χ2v) is 31.4. The fraction of sp³-hybridized carbons (Fsp3) is 0.351. The van der Waals surface area contributed by atoms with Gasteiger partial charge in [-0.15, -0.1) is 11.3 Å². The van der Waals surface area contributed by atoms with Crippen molar-refractivity contribution in [3.63, 3.8) is 0 Å². The number of fused-ring (bicyclic) bond motifs is 11. The molecule has 0 saturated carbocycles. The SMILES string of the molecule is CC(C)(C)c1ccc(N(c2ccc(C(C)(C)C)cc2)c2ccc3c(c2)N(c2ccc4c(c2)C(C)(C)CCC4(C)C)c2cccc4c2B3c2sc3cc5c(cc3c2N4c2ccc3c(c2)C(C)(C)CCC3(C)C)-c2ccccc2C5(C)C)cc1. The van der Waals surface area contributed by atoms with Crippen molar-refractivity contribution in [2.45, 2.75) is 174 Å². The predicted octanol–water partition coefficient (Wildman–Crippen LogP) is 20.1. The van der Waals surface area contributed by atoms with Gasteiger partial charge in [0.25, 0.3) is 6.71 Å². The highest BCUT2D eigenvalue weighted by atomic mass is 32.1. The quantitative estimate of drug-likeness (QED) is 0.159. The molecule has 0 amide bonds. The molecule has 14 rings (SSSR count). The van der Waals surface area contributed by atoms with Crippen molar-refractivity contribution in [3.05, 3.63) is 202 Å². The van der Waals surface area contributed by atoms with E-state index in [-0.39, 0.29) is 44.6 Å². The Balaban J connectivity index is 1.06. The van der Waals surface area contributed by atoms with E-state index < -0.39 is 0 Å². The zero-order valence-electron chi connectivity index (χ0n) is 51.7. The minimum Gasteiger partial charge on any atom is -0.311 e. The Bertz CT molecular complexity index is 4060. The third kappa shape index (κ3) is 7.94.